The van der Waals surface area contributed by atoms with Crippen molar-refractivity contribution in [3.63, 3.8) is 0 Å². The number of ether oxygens (including phenoxy) is 2. The highest BCUT2D eigenvalue weighted by molar-refractivity contribution is 6.31. The standard InChI is InChI=1S/C27H34ClN3O5/c1-3-20-8-10-22(11-9-20)31(18-21-6-4-5-7-23(21)28)26(34)36-19-27(25(29)33)13-15-30(16-14-27)24(32)12-17-35-2/h4-11H,3,12-19H2,1-2H3,(H2,29,33). The molecule has 0 atom stereocenters. The Balaban J connectivity index is 1.73. The van der Waals surface area contributed by atoms with Gasteiger partial charge >= 0.3 is 6.09 Å². The van der Waals surface area contributed by atoms with Gasteiger partial charge in [-0.1, -0.05) is 48.9 Å². The van der Waals surface area contributed by atoms with E-state index in [1.54, 1.807) is 18.1 Å². The van der Waals surface area contributed by atoms with Gasteiger partial charge in [-0.15, -0.1) is 0 Å². The van der Waals surface area contributed by atoms with E-state index in [1.807, 2.05) is 42.5 Å². The Labute approximate surface area is 217 Å². The number of likely N-dealkylation sites (tertiary alicyclic amines) is 1. The van der Waals surface area contributed by atoms with Crippen molar-refractivity contribution in [2.45, 2.75) is 39.2 Å². The second-order valence-corrected chi connectivity index (χ2v) is 9.43. The summed E-state index contributed by atoms with van der Waals surface area (Å²) in [5, 5.41) is 0.541. The highest BCUT2D eigenvalue weighted by atomic mass is 35.5. The SMILES string of the molecule is CCc1ccc(N(Cc2ccccc2Cl)C(=O)OCC2(C(N)=O)CCN(C(=O)CCOC)CC2)cc1. The summed E-state index contributed by atoms with van der Waals surface area (Å²) in [6.45, 7) is 3.18. The Bertz CT molecular complexity index is 1050. The number of amides is 3. The predicted molar refractivity (Wildman–Crippen MR) is 139 cm³/mol. The van der Waals surface area contributed by atoms with E-state index < -0.39 is 17.4 Å². The zero-order valence-corrected chi connectivity index (χ0v) is 21.6. The van der Waals surface area contributed by atoms with Crippen molar-refractivity contribution in [1.82, 2.24) is 4.90 Å². The number of carbonyl (C=O) groups excluding carboxylic acids is 3. The zero-order chi connectivity index (χ0) is 26.1. The van der Waals surface area contributed by atoms with Crippen LogP contribution in [0.25, 0.3) is 0 Å². The number of nitrogens with zero attached hydrogens (tertiary/aromatic N) is 2. The maximum atomic E-state index is 13.3. The van der Waals surface area contributed by atoms with Gasteiger partial charge in [-0.2, -0.15) is 0 Å². The fourth-order valence-electron chi connectivity index (χ4n) is 4.24. The van der Waals surface area contributed by atoms with Crippen LogP contribution in [0, 0.1) is 5.41 Å². The normalized spacial score (nSPS) is 14.8. The van der Waals surface area contributed by atoms with E-state index in [9.17, 15) is 14.4 Å². The number of aryl methyl sites for hydroxylation is 1. The fourth-order valence-corrected chi connectivity index (χ4v) is 4.44. The summed E-state index contributed by atoms with van der Waals surface area (Å²) in [7, 11) is 1.54. The number of carbonyl (C=O) groups is 3. The third-order valence-electron chi connectivity index (χ3n) is 6.75. The van der Waals surface area contributed by atoms with Gasteiger partial charge in [0.25, 0.3) is 0 Å². The van der Waals surface area contributed by atoms with Crippen molar-refractivity contribution in [3.05, 3.63) is 64.7 Å². The predicted octanol–water partition coefficient (Wildman–Crippen LogP) is 4.18. The zero-order valence-electron chi connectivity index (χ0n) is 20.9. The molecule has 8 nitrogen and oxygen atoms in total. The van der Waals surface area contributed by atoms with E-state index in [1.165, 1.54) is 4.90 Å². The van der Waals surface area contributed by atoms with E-state index in [4.69, 9.17) is 26.8 Å². The molecule has 2 aromatic rings. The first kappa shape index (κ1) is 27.5. The number of hydrogen-bond acceptors (Lipinski definition) is 5. The molecule has 0 bridgehead atoms. The Hall–Kier alpha value is -3.10. The molecule has 9 heteroatoms. The third-order valence-corrected chi connectivity index (χ3v) is 7.12. The number of hydrogen-bond donors (Lipinski definition) is 1. The molecule has 36 heavy (non-hydrogen) atoms. The molecule has 1 aliphatic heterocycles. The molecule has 1 heterocycles. The summed E-state index contributed by atoms with van der Waals surface area (Å²) >= 11 is 6.36. The summed E-state index contributed by atoms with van der Waals surface area (Å²) in [4.78, 5) is 41.3. The van der Waals surface area contributed by atoms with Crippen molar-refractivity contribution in [2.24, 2.45) is 11.1 Å². The molecule has 2 N–H and O–H groups in total. The number of nitrogens with two attached hydrogens (primary N) is 1. The first-order valence-electron chi connectivity index (χ1n) is 12.1. The molecule has 0 saturated carbocycles. The second-order valence-electron chi connectivity index (χ2n) is 9.02. The number of rotatable bonds is 10. The van der Waals surface area contributed by atoms with E-state index in [2.05, 4.69) is 6.92 Å². The van der Waals surface area contributed by atoms with Gasteiger partial charge < -0.3 is 20.1 Å². The summed E-state index contributed by atoms with van der Waals surface area (Å²) in [6, 6.07) is 15.0. The van der Waals surface area contributed by atoms with Crippen LogP contribution in [0.3, 0.4) is 0 Å². The third kappa shape index (κ3) is 6.77. The lowest BCUT2D eigenvalue weighted by molar-refractivity contribution is -0.141. The van der Waals surface area contributed by atoms with E-state index in [0.29, 0.717) is 43.2 Å². The van der Waals surface area contributed by atoms with Gasteiger partial charge in [0.15, 0.2) is 0 Å². The van der Waals surface area contributed by atoms with Gasteiger partial charge in [-0.25, -0.2) is 4.79 Å². The average Bonchev–Trinajstić information content (AvgIpc) is 2.90. The van der Waals surface area contributed by atoms with Crippen LogP contribution in [-0.2, 0) is 32.0 Å². The molecule has 0 aromatic heterocycles. The van der Waals surface area contributed by atoms with Gasteiger partial charge in [0.2, 0.25) is 11.8 Å². The number of primary amides is 1. The van der Waals surface area contributed by atoms with Crippen LogP contribution in [0.15, 0.2) is 48.5 Å². The van der Waals surface area contributed by atoms with Crippen LogP contribution in [0.5, 0.6) is 0 Å². The largest absolute Gasteiger partial charge is 0.448 e. The van der Waals surface area contributed by atoms with Gasteiger partial charge in [0, 0.05) is 30.9 Å². The first-order valence-corrected chi connectivity index (χ1v) is 12.5. The van der Waals surface area contributed by atoms with E-state index in [0.717, 1.165) is 17.5 Å². The van der Waals surface area contributed by atoms with Crippen molar-refractivity contribution >= 4 is 35.2 Å². The highest BCUT2D eigenvalue weighted by Crippen LogP contribution is 2.33. The molecule has 194 valence electrons. The summed E-state index contributed by atoms with van der Waals surface area (Å²) in [5.41, 5.74) is 7.30. The van der Waals surface area contributed by atoms with Crippen LogP contribution in [-0.4, -0.2) is 56.2 Å². The molecule has 0 unspecified atom stereocenters. The molecule has 1 saturated heterocycles. The molecule has 1 fully saturated rings. The second kappa shape index (κ2) is 12.7. The summed E-state index contributed by atoms with van der Waals surface area (Å²) < 4.78 is 10.7. The van der Waals surface area contributed by atoms with Crippen molar-refractivity contribution in [2.75, 3.05) is 38.3 Å². The molecule has 0 radical (unpaired) electrons. The van der Waals surface area contributed by atoms with Crippen LogP contribution in [0.4, 0.5) is 10.5 Å². The molecule has 1 aliphatic rings. The Kier molecular flexibility index (Phi) is 9.73. The lowest BCUT2D eigenvalue weighted by atomic mass is 9.78. The average molecular weight is 516 g/mol. The molecular weight excluding hydrogens is 482 g/mol. The van der Waals surface area contributed by atoms with E-state index in [-0.39, 0.29) is 25.5 Å². The van der Waals surface area contributed by atoms with E-state index >= 15 is 0 Å². The number of piperidine rings is 1. The van der Waals surface area contributed by atoms with Gasteiger partial charge in [0.1, 0.15) is 6.61 Å². The minimum Gasteiger partial charge on any atom is -0.448 e. The van der Waals surface area contributed by atoms with Crippen molar-refractivity contribution in [1.29, 1.82) is 0 Å². The monoisotopic (exact) mass is 515 g/mol. The first-order chi connectivity index (χ1) is 17.3. The maximum Gasteiger partial charge on any atom is 0.414 e. The topological polar surface area (TPSA) is 102 Å². The van der Waals surface area contributed by atoms with Crippen molar-refractivity contribution < 1.29 is 23.9 Å². The molecule has 3 amide bonds. The summed E-state index contributed by atoms with van der Waals surface area (Å²) in [6.07, 6.45) is 1.21. The Morgan fingerprint density at radius 3 is 2.33 bits per heavy atom. The van der Waals surface area contributed by atoms with Crippen LogP contribution in [0.1, 0.15) is 37.3 Å². The molecule has 0 aliphatic carbocycles. The fraction of sp³-hybridized carbons (Fsp3) is 0.444. The molecule has 3 rings (SSSR count). The smallest absolute Gasteiger partial charge is 0.414 e. The number of methoxy groups -OCH3 is 1. The van der Waals surface area contributed by atoms with Crippen LogP contribution < -0.4 is 10.6 Å². The quantitative estimate of drug-likeness (QED) is 0.511. The highest BCUT2D eigenvalue weighted by Gasteiger charge is 2.42. The van der Waals surface area contributed by atoms with Gasteiger partial charge in [0.05, 0.1) is 25.0 Å². The lowest BCUT2D eigenvalue weighted by Gasteiger charge is -2.39. The van der Waals surface area contributed by atoms with Crippen molar-refractivity contribution in [3.8, 4) is 0 Å². The molecule has 2 aromatic carbocycles. The maximum absolute atomic E-state index is 13.3. The molecular formula is C27H34ClN3O5. The van der Waals surface area contributed by atoms with Crippen LogP contribution in [0.2, 0.25) is 5.02 Å². The minimum atomic E-state index is -1.03. The van der Waals surface area contributed by atoms with Gasteiger partial charge in [-0.3, -0.25) is 14.5 Å². The molecule has 0 spiro atoms. The number of halogens is 1. The minimum absolute atomic E-state index is 0.0339. The summed E-state index contributed by atoms with van der Waals surface area (Å²) in [5.74, 6) is -0.572. The van der Waals surface area contributed by atoms with Crippen LogP contribution >= 0.6 is 11.6 Å². The van der Waals surface area contributed by atoms with Gasteiger partial charge in [-0.05, 0) is 48.6 Å². The number of benzene rings is 2. The Morgan fingerprint density at radius 2 is 1.75 bits per heavy atom. The lowest BCUT2D eigenvalue weighted by Crippen LogP contribution is -2.51. The Morgan fingerprint density at radius 1 is 1.08 bits per heavy atom. The number of anilines is 1.